The van der Waals surface area contributed by atoms with Crippen molar-refractivity contribution in [2.45, 2.75) is 65.8 Å². The molecule has 0 bridgehead atoms. The first kappa shape index (κ1) is 16.6. The van der Waals surface area contributed by atoms with Gasteiger partial charge in [-0.25, -0.2) is 0 Å². The molecule has 0 rings (SSSR count). The van der Waals surface area contributed by atoms with Gasteiger partial charge in [0.2, 0.25) is 0 Å². The average molecular weight is 354 g/mol. The Balaban J connectivity index is 4.62. The average Bonchev–Trinajstić information content (AvgIpc) is 2.12. The van der Waals surface area contributed by atoms with Crippen LogP contribution in [0.4, 0.5) is 0 Å². The van der Waals surface area contributed by atoms with E-state index < -0.39 is 8.32 Å². The summed E-state index contributed by atoms with van der Waals surface area (Å²) < 4.78 is 8.38. The Hall–Kier alpha value is 0.647. The highest BCUT2D eigenvalue weighted by Gasteiger charge is 2.31. The van der Waals surface area contributed by atoms with Crippen molar-refractivity contribution >= 4 is 30.9 Å². The normalized spacial score (nSPS) is 15.7. The molecule has 0 amide bonds. The summed E-state index contributed by atoms with van der Waals surface area (Å²) in [6, 6.07) is 0. The van der Waals surface area contributed by atoms with Crippen LogP contribution in [0, 0.1) is 5.41 Å². The number of rotatable bonds is 7. The summed E-state index contributed by atoms with van der Waals surface area (Å²) in [7, 11) is -1.46. The second-order valence-electron chi connectivity index (χ2n) is 6.06. The van der Waals surface area contributed by atoms with E-state index in [1.165, 1.54) is 19.3 Å². The van der Waals surface area contributed by atoms with Gasteiger partial charge in [-0.3, -0.25) is 0 Å². The second kappa shape index (κ2) is 7.16. The first-order chi connectivity index (χ1) is 7.23. The number of halogens is 1. The summed E-state index contributed by atoms with van der Waals surface area (Å²) in [5.41, 5.74) is 0.248. The van der Waals surface area contributed by atoms with Crippen molar-refractivity contribution in [3.63, 3.8) is 0 Å². The zero-order valence-electron chi connectivity index (χ0n) is 11.6. The number of unbranched alkanes of at least 4 members (excludes halogenated alkanes) is 1. The third kappa shape index (κ3) is 7.07. The molecule has 0 aromatic heterocycles. The van der Waals surface area contributed by atoms with Gasteiger partial charge >= 0.3 is 0 Å². The van der Waals surface area contributed by atoms with E-state index in [1.54, 1.807) is 0 Å². The lowest BCUT2D eigenvalue weighted by molar-refractivity contribution is 0.0969. The summed E-state index contributed by atoms with van der Waals surface area (Å²) in [5.74, 6) is 0. The van der Waals surface area contributed by atoms with Gasteiger partial charge in [0, 0.05) is 0 Å². The van der Waals surface area contributed by atoms with E-state index in [1.807, 2.05) is 0 Å². The molecule has 0 saturated heterocycles. The lowest BCUT2D eigenvalue weighted by atomic mass is 9.81. The van der Waals surface area contributed by atoms with Gasteiger partial charge in [-0.15, -0.1) is 0 Å². The Kier molecular flexibility index (Phi) is 7.45. The van der Waals surface area contributed by atoms with Crippen molar-refractivity contribution in [3.8, 4) is 0 Å². The molecular formula is C13H27IOSi. The predicted molar refractivity (Wildman–Crippen MR) is 84.7 cm³/mol. The quantitative estimate of drug-likeness (QED) is 0.441. The molecule has 3 heteroatoms. The van der Waals surface area contributed by atoms with E-state index in [2.05, 4.69) is 73.2 Å². The summed E-state index contributed by atoms with van der Waals surface area (Å²) in [5, 5.41) is 0. The lowest BCUT2D eigenvalue weighted by Gasteiger charge is -2.36. The Bertz CT molecular complexity index is 218. The summed E-state index contributed by atoms with van der Waals surface area (Å²) in [4.78, 5) is 0. The molecule has 0 saturated carbocycles. The van der Waals surface area contributed by atoms with Crippen molar-refractivity contribution in [1.29, 1.82) is 0 Å². The Labute approximate surface area is 116 Å². The molecule has 0 aliphatic heterocycles. The molecule has 0 radical (unpaired) electrons. The van der Waals surface area contributed by atoms with E-state index in [4.69, 9.17) is 4.43 Å². The minimum atomic E-state index is -1.46. The maximum Gasteiger partial charge on any atom is 0.184 e. The van der Waals surface area contributed by atoms with Gasteiger partial charge in [0.05, 0.1) is 6.10 Å². The topological polar surface area (TPSA) is 9.23 Å². The summed E-state index contributed by atoms with van der Waals surface area (Å²) in [6.45, 7) is 13.7. The van der Waals surface area contributed by atoms with Gasteiger partial charge in [-0.05, 0) is 35.6 Å². The monoisotopic (exact) mass is 354 g/mol. The third-order valence-corrected chi connectivity index (χ3v) is 4.05. The van der Waals surface area contributed by atoms with E-state index in [-0.39, 0.29) is 11.5 Å². The van der Waals surface area contributed by atoms with E-state index in [0.717, 1.165) is 0 Å². The smallest absolute Gasteiger partial charge is 0.184 e. The molecular weight excluding hydrogens is 327 g/mol. The minimum Gasteiger partial charge on any atom is -0.411 e. The van der Waals surface area contributed by atoms with E-state index in [0.29, 0.717) is 0 Å². The van der Waals surface area contributed by atoms with Gasteiger partial charge in [0.15, 0.2) is 8.32 Å². The van der Waals surface area contributed by atoms with E-state index in [9.17, 15) is 0 Å². The van der Waals surface area contributed by atoms with Crippen LogP contribution in [0.25, 0.3) is 0 Å². The van der Waals surface area contributed by atoms with Crippen LogP contribution in [0.3, 0.4) is 0 Å². The molecule has 0 N–H and O–H groups in total. The van der Waals surface area contributed by atoms with Gasteiger partial charge in [0.1, 0.15) is 0 Å². The molecule has 0 spiro atoms. The fourth-order valence-corrected chi connectivity index (χ4v) is 3.22. The molecule has 0 fully saturated rings. The second-order valence-corrected chi connectivity index (χ2v) is 11.2. The molecule has 0 aromatic rings. The molecule has 0 aromatic carbocycles. The van der Waals surface area contributed by atoms with Crippen molar-refractivity contribution in [2.24, 2.45) is 5.41 Å². The molecule has 0 aliphatic carbocycles. The van der Waals surface area contributed by atoms with Gasteiger partial charge in [-0.1, -0.05) is 62.3 Å². The first-order valence-electron chi connectivity index (χ1n) is 6.17. The number of hydrogen-bond donors (Lipinski definition) is 0. The maximum atomic E-state index is 6.29. The molecule has 0 heterocycles. The number of hydrogen-bond acceptors (Lipinski definition) is 1. The standard InChI is InChI=1S/C13H27IOSi/c1-7-8-10-13(2,3)12(9-11-14)15-16(4,5)6/h9,11-12H,7-8,10H2,1-6H3. The highest BCUT2D eigenvalue weighted by atomic mass is 127. The molecule has 1 nitrogen and oxygen atoms in total. The Morgan fingerprint density at radius 2 is 1.88 bits per heavy atom. The van der Waals surface area contributed by atoms with Crippen molar-refractivity contribution < 1.29 is 4.43 Å². The molecule has 16 heavy (non-hydrogen) atoms. The van der Waals surface area contributed by atoms with E-state index >= 15 is 0 Å². The van der Waals surface area contributed by atoms with Crippen LogP contribution >= 0.6 is 22.6 Å². The fourth-order valence-electron chi connectivity index (χ4n) is 1.68. The van der Waals surface area contributed by atoms with Gasteiger partial charge in [-0.2, -0.15) is 0 Å². The highest BCUT2D eigenvalue weighted by molar-refractivity contribution is 14.1. The zero-order chi connectivity index (χ0) is 12.8. The van der Waals surface area contributed by atoms with Crippen LogP contribution in [0.15, 0.2) is 10.2 Å². The summed E-state index contributed by atoms with van der Waals surface area (Å²) in [6.07, 6.45) is 6.27. The van der Waals surface area contributed by atoms with Crippen LogP contribution in [0.2, 0.25) is 19.6 Å². The van der Waals surface area contributed by atoms with Crippen LogP contribution in [0.5, 0.6) is 0 Å². The SMILES string of the molecule is CCCCC(C)(C)C(C=CI)O[Si](C)(C)C. The molecule has 0 aliphatic rings. The molecule has 96 valence electrons. The molecule has 1 unspecified atom stereocenters. The van der Waals surface area contributed by atoms with Crippen LogP contribution in [0.1, 0.15) is 40.0 Å². The Morgan fingerprint density at radius 1 is 1.31 bits per heavy atom. The maximum absolute atomic E-state index is 6.29. The highest BCUT2D eigenvalue weighted by Crippen LogP contribution is 2.32. The third-order valence-electron chi connectivity index (χ3n) is 2.67. The van der Waals surface area contributed by atoms with Gasteiger partial charge in [0.25, 0.3) is 0 Å². The van der Waals surface area contributed by atoms with Crippen LogP contribution in [-0.4, -0.2) is 14.4 Å². The predicted octanol–water partition coefficient (Wildman–Crippen LogP) is 5.37. The molecule has 1 atom stereocenters. The lowest BCUT2D eigenvalue weighted by Crippen LogP contribution is -2.39. The van der Waals surface area contributed by atoms with Crippen LogP contribution in [-0.2, 0) is 4.43 Å². The summed E-state index contributed by atoms with van der Waals surface area (Å²) >= 11 is 2.29. The van der Waals surface area contributed by atoms with Crippen LogP contribution < -0.4 is 0 Å². The minimum absolute atomic E-state index is 0.248. The van der Waals surface area contributed by atoms with Crippen molar-refractivity contribution in [3.05, 3.63) is 10.2 Å². The fraction of sp³-hybridized carbons (Fsp3) is 0.846. The first-order valence-corrected chi connectivity index (χ1v) is 10.8. The van der Waals surface area contributed by atoms with Crippen molar-refractivity contribution in [1.82, 2.24) is 0 Å². The van der Waals surface area contributed by atoms with Gasteiger partial charge < -0.3 is 4.43 Å². The largest absolute Gasteiger partial charge is 0.411 e. The Morgan fingerprint density at radius 3 is 2.25 bits per heavy atom. The zero-order valence-corrected chi connectivity index (χ0v) is 14.8. The van der Waals surface area contributed by atoms with Crippen molar-refractivity contribution in [2.75, 3.05) is 0 Å².